The van der Waals surface area contributed by atoms with Gasteiger partial charge in [0.1, 0.15) is 12.4 Å². The summed E-state index contributed by atoms with van der Waals surface area (Å²) in [6, 6.07) is 13.3. The molecule has 0 aliphatic heterocycles. The third-order valence-corrected chi connectivity index (χ3v) is 3.33. The first kappa shape index (κ1) is 15.9. The van der Waals surface area contributed by atoms with Crippen molar-refractivity contribution in [2.45, 2.75) is 6.61 Å². The zero-order valence-electron chi connectivity index (χ0n) is 11.4. The molecule has 0 amide bonds. The van der Waals surface area contributed by atoms with E-state index >= 15 is 0 Å². The molecule has 2 aromatic carbocycles. The van der Waals surface area contributed by atoms with Gasteiger partial charge in [0.25, 0.3) is 0 Å². The second kappa shape index (κ2) is 7.53. The molecule has 0 heterocycles. The Kier molecular flexibility index (Phi) is 5.45. The zero-order valence-corrected chi connectivity index (χ0v) is 13.0. The molecule has 0 bridgehead atoms. The molecule has 0 unspecified atom stereocenters. The van der Waals surface area contributed by atoms with Crippen LogP contribution in [0.1, 0.15) is 16.7 Å². The number of rotatable bonds is 4. The number of nitriles is 1. The minimum atomic E-state index is -0.563. The Morgan fingerprint density at radius 3 is 2.64 bits per heavy atom. The largest absolute Gasteiger partial charge is 0.458 e. The number of hydrogen-bond acceptors (Lipinski definition) is 3. The molecule has 110 valence electrons. The van der Waals surface area contributed by atoms with E-state index < -0.39 is 11.8 Å². The van der Waals surface area contributed by atoms with Crippen molar-refractivity contribution < 1.29 is 13.9 Å². The van der Waals surface area contributed by atoms with Gasteiger partial charge in [-0.25, -0.2) is 9.18 Å². The molecule has 0 radical (unpaired) electrons. The van der Waals surface area contributed by atoms with Crippen molar-refractivity contribution in [1.82, 2.24) is 0 Å². The first-order chi connectivity index (χ1) is 10.6. The van der Waals surface area contributed by atoms with Crippen molar-refractivity contribution in [1.29, 1.82) is 5.26 Å². The quantitative estimate of drug-likeness (QED) is 0.606. The molecule has 0 atom stereocenters. The zero-order chi connectivity index (χ0) is 15.9. The Balaban J connectivity index is 1.92. The van der Waals surface area contributed by atoms with Crippen molar-refractivity contribution in [2.75, 3.05) is 0 Å². The molecule has 2 aromatic rings. The molecule has 0 saturated carbocycles. The van der Waals surface area contributed by atoms with Gasteiger partial charge in [0.15, 0.2) is 0 Å². The van der Waals surface area contributed by atoms with Gasteiger partial charge in [-0.05, 0) is 35.9 Å². The molecule has 5 heteroatoms. The van der Waals surface area contributed by atoms with Crippen LogP contribution in [0.4, 0.5) is 4.39 Å². The Labute approximate surface area is 135 Å². The van der Waals surface area contributed by atoms with Crippen LogP contribution in [-0.2, 0) is 16.1 Å². The summed E-state index contributed by atoms with van der Waals surface area (Å²) in [6.45, 7) is -0.129. The number of ether oxygens (including phenoxy) is 1. The molecular formula is C17H11BrFNO2. The highest BCUT2D eigenvalue weighted by Crippen LogP contribution is 2.16. The third kappa shape index (κ3) is 4.54. The Morgan fingerprint density at radius 1 is 1.27 bits per heavy atom. The maximum absolute atomic E-state index is 13.6. The van der Waals surface area contributed by atoms with Gasteiger partial charge in [-0.3, -0.25) is 0 Å². The van der Waals surface area contributed by atoms with Gasteiger partial charge in [0.2, 0.25) is 0 Å². The third-order valence-electron chi connectivity index (χ3n) is 2.84. The number of halogens is 2. The number of hydrogen-bond donors (Lipinski definition) is 0. The summed E-state index contributed by atoms with van der Waals surface area (Å²) in [4.78, 5) is 11.6. The Hall–Kier alpha value is -2.45. The highest BCUT2D eigenvalue weighted by molar-refractivity contribution is 9.10. The van der Waals surface area contributed by atoms with Crippen LogP contribution in [0.3, 0.4) is 0 Å². The maximum atomic E-state index is 13.6. The molecule has 0 aliphatic rings. The van der Waals surface area contributed by atoms with Crippen LogP contribution in [0.2, 0.25) is 0 Å². The molecule has 0 fully saturated rings. The van der Waals surface area contributed by atoms with E-state index in [0.29, 0.717) is 15.6 Å². The molecule has 0 saturated heterocycles. The van der Waals surface area contributed by atoms with Gasteiger partial charge in [-0.1, -0.05) is 34.1 Å². The van der Waals surface area contributed by atoms with Crippen LogP contribution >= 0.6 is 15.9 Å². The summed E-state index contributed by atoms with van der Waals surface area (Å²) < 4.78 is 19.2. The minimum absolute atomic E-state index is 0.129. The van der Waals surface area contributed by atoms with Crippen LogP contribution in [0.25, 0.3) is 6.08 Å². The van der Waals surface area contributed by atoms with Gasteiger partial charge >= 0.3 is 5.97 Å². The van der Waals surface area contributed by atoms with Crippen molar-refractivity contribution in [3.8, 4) is 6.07 Å². The van der Waals surface area contributed by atoms with Crippen LogP contribution in [-0.4, -0.2) is 5.97 Å². The lowest BCUT2D eigenvalue weighted by atomic mass is 10.1. The van der Waals surface area contributed by atoms with Crippen LogP contribution in [0.15, 0.2) is 53.0 Å². The van der Waals surface area contributed by atoms with Gasteiger partial charge in [0, 0.05) is 16.1 Å². The van der Waals surface area contributed by atoms with Crippen LogP contribution < -0.4 is 0 Å². The van der Waals surface area contributed by atoms with E-state index in [0.717, 1.165) is 5.56 Å². The Bertz CT molecular complexity index is 748. The second-order valence-electron chi connectivity index (χ2n) is 4.41. The SMILES string of the molecule is N#Cc1ccc(/C=C/C(=O)OCc2ccc(Br)cc2F)cc1. The summed E-state index contributed by atoms with van der Waals surface area (Å²) in [5.74, 6) is -0.995. The normalized spacial score (nSPS) is 10.4. The highest BCUT2D eigenvalue weighted by atomic mass is 79.9. The molecule has 0 aliphatic carbocycles. The van der Waals surface area contributed by atoms with E-state index in [4.69, 9.17) is 10.00 Å². The van der Waals surface area contributed by atoms with Crippen LogP contribution in [0.5, 0.6) is 0 Å². The summed E-state index contributed by atoms with van der Waals surface area (Å²) in [7, 11) is 0. The van der Waals surface area contributed by atoms with Gasteiger partial charge in [-0.2, -0.15) is 5.26 Å². The molecule has 0 spiro atoms. The lowest BCUT2D eigenvalue weighted by molar-refractivity contribution is -0.138. The number of nitrogens with zero attached hydrogens (tertiary/aromatic N) is 1. The fourth-order valence-corrected chi connectivity index (χ4v) is 2.00. The van der Waals surface area contributed by atoms with Gasteiger partial charge in [0.05, 0.1) is 11.6 Å². The van der Waals surface area contributed by atoms with Gasteiger partial charge in [-0.15, -0.1) is 0 Å². The molecule has 22 heavy (non-hydrogen) atoms. The topological polar surface area (TPSA) is 50.1 Å². The average Bonchev–Trinajstić information content (AvgIpc) is 2.52. The monoisotopic (exact) mass is 359 g/mol. The van der Waals surface area contributed by atoms with E-state index in [1.165, 1.54) is 12.1 Å². The standard InChI is InChI=1S/C17H11BrFNO2/c18-15-7-6-14(16(19)9-15)11-22-17(21)8-5-12-1-3-13(10-20)4-2-12/h1-9H,11H2/b8-5+. The number of carbonyl (C=O) groups is 1. The fourth-order valence-electron chi connectivity index (χ4n) is 1.67. The number of carbonyl (C=O) groups excluding carboxylic acids is 1. The minimum Gasteiger partial charge on any atom is -0.458 e. The predicted octanol–water partition coefficient (Wildman–Crippen LogP) is 4.22. The van der Waals surface area contributed by atoms with Gasteiger partial charge < -0.3 is 4.74 Å². The fraction of sp³-hybridized carbons (Fsp3) is 0.0588. The maximum Gasteiger partial charge on any atom is 0.331 e. The first-order valence-electron chi connectivity index (χ1n) is 6.37. The highest BCUT2D eigenvalue weighted by Gasteiger charge is 2.05. The molecule has 0 N–H and O–H groups in total. The molecule has 2 rings (SSSR count). The second-order valence-corrected chi connectivity index (χ2v) is 5.33. The van der Waals surface area contributed by atoms with E-state index in [2.05, 4.69) is 15.9 Å². The van der Waals surface area contributed by atoms with E-state index in [9.17, 15) is 9.18 Å². The van der Waals surface area contributed by atoms with E-state index in [-0.39, 0.29) is 6.61 Å². The summed E-state index contributed by atoms with van der Waals surface area (Å²) in [5, 5.41) is 8.69. The first-order valence-corrected chi connectivity index (χ1v) is 7.17. The summed E-state index contributed by atoms with van der Waals surface area (Å²) in [6.07, 6.45) is 2.83. The average molecular weight is 360 g/mol. The Morgan fingerprint density at radius 2 is 2.00 bits per heavy atom. The van der Waals surface area contributed by atoms with Crippen molar-refractivity contribution in [3.63, 3.8) is 0 Å². The predicted molar refractivity (Wildman–Crippen MR) is 84.1 cm³/mol. The molecular weight excluding hydrogens is 349 g/mol. The van der Waals surface area contributed by atoms with Crippen molar-refractivity contribution in [2.24, 2.45) is 0 Å². The summed E-state index contributed by atoms with van der Waals surface area (Å²) >= 11 is 3.16. The van der Waals surface area contributed by atoms with Crippen molar-refractivity contribution in [3.05, 3.63) is 75.5 Å². The number of esters is 1. The van der Waals surface area contributed by atoms with E-state index in [1.54, 1.807) is 42.5 Å². The lowest BCUT2D eigenvalue weighted by Crippen LogP contribution is -2.02. The van der Waals surface area contributed by atoms with E-state index in [1.807, 2.05) is 6.07 Å². The smallest absolute Gasteiger partial charge is 0.331 e. The van der Waals surface area contributed by atoms with Crippen LogP contribution in [0, 0.1) is 17.1 Å². The number of benzene rings is 2. The van der Waals surface area contributed by atoms with Crippen molar-refractivity contribution >= 4 is 28.0 Å². The lowest BCUT2D eigenvalue weighted by Gasteiger charge is -2.04. The summed E-state index contributed by atoms with van der Waals surface area (Å²) in [5.41, 5.74) is 1.62. The molecule has 0 aromatic heterocycles. The molecule has 3 nitrogen and oxygen atoms in total.